The van der Waals surface area contributed by atoms with E-state index in [-0.39, 0.29) is 6.61 Å². The van der Waals surface area contributed by atoms with Gasteiger partial charge in [0.15, 0.2) is 0 Å². The second-order valence-corrected chi connectivity index (χ2v) is 4.35. The molecule has 0 bridgehead atoms. The predicted octanol–water partition coefficient (Wildman–Crippen LogP) is 3.32. The van der Waals surface area contributed by atoms with Crippen LogP contribution in [0, 0.1) is 6.92 Å². The molecule has 0 aliphatic carbocycles. The average Bonchev–Trinajstić information content (AvgIpc) is 2.24. The van der Waals surface area contributed by atoms with E-state index in [1.54, 1.807) is 6.07 Å². The Kier molecular flexibility index (Phi) is 5.91. The van der Waals surface area contributed by atoms with Crippen molar-refractivity contribution in [3.63, 3.8) is 0 Å². The minimum Gasteiger partial charge on any atom is -0.371 e. The van der Waals surface area contributed by atoms with Gasteiger partial charge >= 0.3 is 6.18 Å². The maximum Gasteiger partial charge on any atom is 0.411 e. The molecular weight excluding hydrogens is 267 g/mol. The van der Waals surface area contributed by atoms with Gasteiger partial charge in [0, 0.05) is 18.1 Å². The fourth-order valence-electron chi connectivity index (χ4n) is 1.41. The average molecular weight is 282 g/mol. The third-order valence-electron chi connectivity index (χ3n) is 2.31. The lowest BCUT2D eigenvalue weighted by atomic mass is 10.1. The number of nitrogens with one attached hydrogen (secondary N) is 1. The molecule has 18 heavy (non-hydrogen) atoms. The molecule has 0 atom stereocenters. The number of rotatable bonds is 6. The van der Waals surface area contributed by atoms with Crippen LogP contribution in [0.1, 0.15) is 11.1 Å². The highest BCUT2D eigenvalue weighted by Gasteiger charge is 2.27. The van der Waals surface area contributed by atoms with Crippen molar-refractivity contribution < 1.29 is 17.9 Å². The first-order valence-corrected chi connectivity index (χ1v) is 5.86. The zero-order chi connectivity index (χ0) is 13.6. The number of halogens is 4. The Morgan fingerprint density at radius 3 is 2.67 bits per heavy atom. The maximum atomic E-state index is 11.8. The molecule has 1 rings (SSSR count). The van der Waals surface area contributed by atoms with Crippen molar-refractivity contribution in [2.75, 3.05) is 19.8 Å². The Balaban J connectivity index is 2.18. The molecule has 0 aromatic heterocycles. The summed E-state index contributed by atoms with van der Waals surface area (Å²) in [4.78, 5) is 0. The summed E-state index contributed by atoms with van der Waals surface area (Å²) in [6.07, 6.45) is -4.26. The minimum atomic E-state index is -4.26. The van der Waals surface area contributed by atoms with E-state index >= 15 is 0 Å². The van der Waals surface area contributed by atoms with Crippen LogP contribution in [0.4, 0.5) is 13.2 Å². The zero-order valence-corrected chi connectivity index (χ0v) is 10.7. The molecular formula is C12H15ClF3NO. The summed E-state index contributed by atoms with van der Waals surface area (Å²) in [6, 6.07) is 5.52. The molecule has 1 aromatic rings. The Hall–Kier alpha value is -0.780. The summed E-state index contributed by atoms with van der Waals surface area (Å²) in [6.45, 7) is 1.72. The summed E-state index contributed by atoms with van der Waals surface area (Å²) in [5, 5.41) is 3.68. The van der Waals surface area contributed by atoms with E-state index in [1.165, 1.54) is 0 Å². The number of benzene rings is 1. The molecule has 0 saturated heterocycles. The van der Waals surface area contributed by atoms with Gasteiger partial charge in [0.25, 0.3) is 0 Å². The molecule has 1 aromatic carbocycles. The van der Waals surface area contributed by atoms with E-state index in [2.05, 4.69) is 10.1 Å². The molecule has 0 aliphatic rings. The van der Waals surface area contributed by atoms with Crippen molar-refractivity contribution in [1.29, 1.82) is 0 Å². The van der Waals surface area contributed by atoms with Crippen molar-refractivity contribution in [2.24, 2.45) is 0 Å². The minimum absolute atomic E-state index is 0.0339. The molecule has 0 saturated carbocycles. The summed E-state index contributed by atoms with van der Waals surface area (Å²) in [5.74, 6) is 0. The highest BCUT2D eigenvalue weighted by molar-refractivity contribution is 6.30. The molecule has 0 heterocycles. The van der Waals surface area contributed by atoms with Crippen molar-refractivity contribution in [3.8, 4) is 0 Å². The van der Waals surface area contributed by atoms with Gasteiger partial charge in [-0.15, -0.1) is 0 Å². The summed E-state index contributed by atoms with van der Waals surface area (Å²) < 4.78 is 39.8. The van der Waals surface area contributed by atoms with Crippen LogP contribution in [0.2, 0.25) is 5.02 Å². The normalized spacial score (nSPS) is 11.8. The summed E-state index contributed by atoms with van der Waals surface area (Å²) >= 11 is 5.82. The van der Waals surface area contributed by atoms with Crippen molar-refractivity contribution in [3.05, 3.63) is 34.3 Å². The smallest absolute Gasteiger partial charge is 0.371 e. The van der Waals surface area contributed by atoms with E-state index in [0.29, 0.717) is 18.1 Å². The van der Waals surface area contributed by atoms with Crippen LogP contribution >= 0.6 is 11.6 Å². The highest BCUT2D eigenvalue weighted by Crippen LogP contribution is 2.15. The molecule has 6 heteroatoms. The fourth-order valence-corrected chi connectivity index (χ4v) is 1.64. The van der Waals surface area contributed by atoms with E-state index in [9.17, 15) is 13.2 Å². The van der Waals surface area contributed by atoms with Gasteiger partial charge in [-0.25, -0.2) is 0 Å². The van der Waals surface area contributed by atoms with Crippen LogP contribution < -0.4 is 5.32 Å². The second-order valence-electron chi connectivity index (χ2n) is 3.92. The molecule has 0 radical (unpaired) electrons. The number of hydrogen-bond acceptors (Lipinski definition) is 2. The maximum absolute atomic E-state index is 11.8. The first-order chi connectivity index (χ1) is 8.38. The number of hydrogen-bond donors (Lipinski definition) is 1. The molecule has 0 amide bonds. The lowest BCUT2D eigenvalue weighted by Gasteiger charge is -2.10. The van der Waals surface area contributed by atoms with Crippen LogP contribution in [-0.4, -0.2) is 25.9 Å². The van der Waals surface area contributed by atoms with Crippen molar-refractivity contribution >= 4 is 11.6 Å². The molecule has 102 valence electrons. The highest BCUT2D eigenvalue weighted by atomic mass is 35.5. The third-order valence-corrected chi connectivity index (χ3v) is 2.54. The number of aryl methyl sites for hydroxylation is 1. The quantitative estimate of drug-likeness (QED) is 0.808. The molecule has 0 fully saturated rings. The zero-order valence-electron chi connectivity index (χ0n) is 9.98. The fraction of sp³-hybridized carbons (Fsp3) is 0.500. The van der Waals surface area contributed by atoms with E-state index in [0.717, 1.165) is 11.1 Å². The Bertz CT molecular complexity index is 382. The van der Waals surface area contributed by atoms with Gasteiger partial charge in [-0.1, -0.05) is 17.7 Å². The van der Waals surface area contributed by atoms with Crippen molar-refractivity contribution in [1.82, 2.24) is 5.32 Å². The lowest BCUT2D eigenvalue weighted by molar-refractivity contribution is -0.173. The van der Waals surface area contributed by atoms with Gasteiger partial charge in [-0.3, -0.25) is 0 Å². The van der Waals surface area contributed by atoms with Gasteiger partial charge in [-0.05, 0) is 30.2 Å². The monoisotopic (exact) mass is 281 g/mol. The molecule has 0 unspecified atom stereocenters. The van der Waals surface area contributed by atoms with E-state index in [1.807, 2.05) is 19.1 Å². The molecule has 0 spiro atoms. The van der Waals surface area contributed by atoms with Gasteiger partial charge in [-0.2, -0.15) is 13.2 Å². The van der Waals surface area contributed by atoms with Crippen molar-refractivity contribution in [2.45, 2.75) is 19.6 Å². The first kappa shape index (κ1) is 15.3. The standard InChI is InChI=1S/C12H15ClF3NO/c1-9-6-11(13)3-2-10(9)7-17-4-5-18-8-12(14,15)16/h2-3,6,17H,4-5,7-8H2,1H3. The van der Waals surface area contributed by atoms with Crippen LogP contribution in [-0.2, 0) is 11.3 Å². The Morgan fingerprint density at radius 1 is 1.33 bits per heavy atom. The Labute approximate surface area is 109 Å². The van der Waals surface area contributed by atoms with E-state index in [4.69, 9.17) is 11.6 Å². The third kappa shape index (κ3) is 6.23. The van der Waals surface area contributed by atoms with Gasteiger partial charge in [0.2, 0.25) is 0 Å². The largest absolute Gasteiger partial charge is 0.411 e. The SMILES string of the molecule is Cc1cc(Cl)ccc1CNCCOCC(F)(F)F. The van der Waals surface area contributed by atoms with Gasteiger partial charge < -0.3 is 10.1 Å². The van der Waals surface area contributed by atoms with Crippen LogP contribution in [0.15, 0.2) is 18.2 Å². The van der Waals surface area contributed by atoms with Crippen LogP contribution in [0.3, 0.4) is 0 Å². The Morgan fingerprint density at radius 2 is 2.06 bits per heavy atom. The number of alkyl halides is 3. The topological polar surface area (TPSA) is 21.3 Å². The summed E-state index contributed by atoms with van der Waals surface area (Å²) in [5.41, 5.74) is 2.11. The second kappa shape index (κ2) is 6.97. The van der Waals surface area contributed by atoms with Gasteiger partial charge in [0.05, 0.1) is 6.61 Å². The molecule has 2 nitrogen and oxygen atoms in total. The van der Waals surface area contributed by atoms with Gasteiger partial charge in [0.1, 0.15) is 6.61 Å². The van der Waals surface area contributed by atoms with Crippen LogP contribution in [0.25, 0.3) is 0 Å². The summed E-state index contributed by atoms with van der Waals surface area (Å²) in [7, 11) is 0. The number of ether oxygens (including phenoxy) is 1. The van der Waals surface area contributed by atoms with Crippen LogP contribution in [0.5, 0.6) is 0 Å². The van der Waals surface area contributed by atoms with E-state index < -0.39 is 12.8 Å². The molecule has 1 N–H and O–H groups in total. The lowest BCUT2D eigenvalue weighted by Crippen LogP contribution is -2.23. The first-order valence-electron chi connectivity index (χ1n) is 5.49. The molecule has 0 aliphatic heterocycles. The predicted molar refractivity (Wildman–Crippen MR) is 64.8 cm³/mol.